The van der Waals surface area contributed by atoms with Gasteiger partial charge < -0.3 is 10.6 Å². The molecule has 0 bridgehead atoms. The molecule has 3 rings (SSSR count). The van der Waals surface area contributed by atoms with Crippen LogP contribution in [0.15, 0.2) is 18.2 Å². The summed E-state index contributed by atoms with van der Waals surface area (Å²) in [6.45, 7) is 4.42. The van der Waals surface area contributed by atoms with Gasteiger partial charge in [-0.2, -0.15) is 0 Å². The van der Waals surface area contributed by atoms with Crippen LogP contribution in [0.2, 0.25) is 0 Å². The van der Waals surface area contributed by atoms with Gasteiger partial charge in [-0.15, -0.1) is 0 Å². The van der Waals surface area contributed by atoms with Crippen molar-refractivity contribution in [3.05, 3.63) is 35.1 Å². The standard InChI is InChI=1S/C17H23FN2O/c1-11-8-12(2-3-16(11)18)10-20-17(21)15-9-14(15)13-4-6-19-7-5-13/h2-3,8,13-15,19H,4-7,9-10H2,1H3,(H,20,21)/t14-,15+/m0/s1. The molecule has 1 amide bonds. The van der Waals surface area contributed by atoms with E-state index in [4.69, 9.17) is 0 Å². The SMILES string of the molecule is Cc1cc(CNC(=O)[C@@H]2C[C@H]2C2CCNCC2)ccc1F. The Bertz CT molecular complexity index is 526. The lowest BCUT2D eigenvalue weighted by Crippen LogP contribution is -2.30. The van der Waals surface area contributed by atoms with Gasteiger partial charge in [0.1, 0.15) is 5.82 Å². The zero-order valence-corrected chi connectivity index (χ0v) is 12.5. The molecule has 0 unspecified atom stereocenters. The lowest BCUT2D eigenvalue weighted by Gasteiger charge is -2.22. The molecule has 2 atom stereocenters. The minimum atomic E-state index is -0.196. The summed E-state index contributed by atoms with van der Waals surface area (Å²) in [5.41, 5.74) is 1.59. The first-order chi connectivity index (χ1) is 10.1. The Morgan fingerprint density at radius 3 is 2.86 bits per heavy atom. The number of carbonyl (C=O) groups is 1. The summed E-state index contributed by atoms with van der Waals surface area (Å²) in [5.74, 6) is 1.48. The number of aryl methyl sites for hydroxylation is 1. The Balaban J connectivity index is 1.47. The molecule has 1 heterocycles. The molecule has 1 saturated carbocycles. The Hall–Kier alpha value is -1.42. The van der Waals surface area contributed by atoms with E-state index in [0.717, 1.165) is 31.0 Å². The summed E-state index contributed by atoms with van der Waals surface area (Å²) in [6.07, 6.45) is 3.44. The number of hydrogen-bond acceptors (Lipinski definition) is 2. The van der Waals surface area contributed by atoms with Crippen molar-refractivity contribution in [3.8, 4) is 0 Å². The van der Waals surface area contributed by atoms with Crippen molar-refractivity contribution < 1.29 is 9.18 Å². The molecule has 0 radical (unpaired) electrons. The maximum absolute atomic E-state index is 13.2. The monoisotopic (exact) mass is 290 g/mol. The van der Waals surface area contributed by atoms with E-state index in [1.807, 2.05) is 0 Å². The summed E-state index contributed by atoms with van der Waals surface area (Å²) >= 11 is 0. The third-order valence-corrected chi connectivity index (χ3v) is 4.85. The third-order valence-electron chi connectivity index (χ3n) is 4.85. The summed E-state index contributed by atoms with van der Waals surface area (Å²) in [6, 6.07) is 5.00. The van der Waals surface area contributed by atoms with Gasteiger partial charge in [0, 0.05) is 12.5 Å². The van der Waals surface area contributed by atoms with Gasteiger partial charge in [-0.1, -0.05) is 12.1 Å². The van der Waals surface area contributed by atoms with Crippen LogP contribution in [0.25, 0.3) is 0 Å². The molecule has 1 aliphatic heterocycles. The fourth-order valence-electron chi connectivity index (χ4n) is 3.45. The largest absolute Gasteiger partial charge is 0.352 e. The highest BCUT2D eigenvalue weighted by Crippen LogP contribution is 2.47. The van der Waals surface area contributed by atoms with Gasteiger partial charge in [-0.3, -0.25) is 4.79 Å². The van der Waals surface area contributed by atoms with E-state index in [0.29, 0.717) is 18.0 Å². The molecule has 114 valence electrons. The molecule has 2 fully saturated rings. The second-order valence-electron chi connectivity index (χ2n) is 6.39. The highest BCUT2D eigenvalue weighted by Gasteiger charge is 2.47. The van der Waals surface area contributed by atoms with Gasteiger partial charge >= 0.3 is 0 Å². The van der Waals surface area contributed by atoms with E-state index in [1.165, 1.54) is 18.9 Å². The number of halogens is 1. The van der Waals surface area contributed by atoms with Crippen LogP contribution in [0.4, 0.5) is 4.39 Å². The summed E-state index contributed by atoms with van der Waals surface area (Å²) < 4.78 is 13.2. The van der Waals surface area contributed by atoms with Crippen molar-refractivity contribution in [2.45, 2.75) is 32.7 Å². The minimum absolute atomic E-state index is 0.167. The first-order valence-corrected chi connectivity index (χ1v) is 7.88. The molecule has 1 saturated heterocycles. The van der Waals surface area contributed by atoms with E-state index < -0.39 is 0 Å². The highest BCUT2D eigenvalue weighted by molar-refractivity contribution is 5.81. The fraction of sp³-hybridized carbons (Fsp3) is 0.588. The van der Waals surface area contributed by atoms with Crippen molar-refractivity contribution in [1.29, 1.82) is 0 Å². The van der Waals surface area contributed by atoms with Crippen LogP contribution in [-0.2, 0) is 11.3 Å². The fourth-order valence-corrected chi connectivity index (χ4v) is 3.45. The maximum atomic E-state index is 13.2. The molecule has 2 aliphatic rings. The topological polar surface area (TPSA) is 41.1 Å². The molecule has 1 aliphatic carbocycles. The molecule has 4 heteroatoms. The smallest absolute Gasteiger partial charge is 0.223 e. The van der Waals surface area contributed by atoms with E-state index in [9.17, 15) is 9.18 Å². The van der Waals surface area contributed by atoms with Crippen molar-refractivity contribution >= 4 is 5.91 Å². The van der Waals surface area contributed by atoms with Crippen LogP contribution in [-0.4, -0.2) is 19.0 Å². The van der Waals surface area contributed by atoms with E-state index in [2.05, 4.69) is 10.6 Å². The van der Waals surface area contributed by atoms with Gasteiger partial charge in [-0.05, 0) is 68.3 Å². The number of nitrogens with one attached hydrogen (secondary N) is 2. The van der Waals surface area contributed by atoms with Crippen molar-refractivity contribution in [3.63, 3.8) is 0 Å². The van der Waals surface area contributed by atoms with Crippen LogP contribution in [0, 0.1) is 30.5 Å². The Morgan fingerprint density at radius 2 is 2.14 bits per heavy atom. The van der Waals surface area contributed by atoms with Crippen molar-refractivity contribution in [1.82, 2.24) is 10.6 Å². The summed E-state index contributed by atoms with van der Waals surface area (Å²) in [4.78, 5) is 12.2. The number of rotatable bonds is 4. The molecule has 1 aromatic rings. The lowest BCUT2D eigenvalue weighted by molar-refractivity contribution is -0.123. The normalized spacial score (nSPS) is 25.6. The van der Waals surface area contributed by atoms with Gasteiger partial charge in [-0.25, -0.2) is 4.39 Å². The third kappa shape index (κ3) is 3.43. The average molecular weight is 290 g/mol. The summed E-state index contributed by atoms with van der Waals surface area (Å²) in [7, 11) is 0. The van der Waals surface area contributed by atoms with Gasteiger partial charge in [0.15, 0.2) is 0 Å². The van der Waals surface area contributed by atoms with Crippen LogP contribution in [0.1, 0.15) is 30.4 Å². The van der Waals surface area contributed by atoms with Crippen LogP contribution in [0.3, 0.4) is 0 Å². The first kappa shape index (κ1) is 14.5. The molecule has 0 spiro atoms. The van der Waals surface area contributed by atoms with E-state index in [1.54, 1.807) is 19.1 Å². The number of amides is 1. The second-order valence-corrected chi connectivity index (χ2v) is 6.39. The molecule has 21 heavy (non-hydrogen) atoms. The zero-order valence-electron chi connectivity index (χ0n) is 12.5. The van der Waals surface area contributed by atoms with Crippen molar-refractivity contribution in [2.75, 3.05) is 13.1 Å². The molecular formula is C17H23FN2O. The van der Waals surface area contributed by atoms with Crippen LogP contribution < -0.4 is 10.6 Å². The van der Waals surface area contributed by atoms with Crippen LogP contribution in [0.5, 0.6) is 0 Å². The van der Waals surface area contributed by atoms with E-state index >= 15 is 0 Å². The number of carbonyl (C=O) groups excluding carboxylic acids is 1. The van der Waals surface area contributed by atoms with Gasteiger partial charge in [0.25, 0.3) is 0 Å². The predicted octanol–water partition coefficient (Wildman–Crippen LogP) is 2.39. The Kier molecular flexibility index (Phi) is 4.24. The number of piperidine rings is 1. The summed E-state index contributed by atoms with van der Waals surface area (Å²) in [5, 5.41) is 6.37. The number of benzene rings is 1. The lowest BCUT2D eigenvalue weighted by atomic mass is 9.92. The maximum Gasteiger partial charge on any atom is 0.223 e. The van der Waals surface area contributed by atoms with Crippen molar-refractivity contribution in [2.24, 2.45) is 17.8 Å². The Morgan fingerprint density at radius 1 is 1.38 bits per heavy atom. The highest BCUT2D eigenvalue weighted by atomic mass is 19.1. The second kappa shape index (κ2) is 6.14. The average Bonchev–Trinajstić information content (AvgIpc) is 3.30. The molecule has 2 N–H and O–H groups in total. The van der Waals surface area contributed by atoms with E-state index in [-0.39, 0.29) is 17.6 Å². The van der Waals surface area contributed by atoms with Crippen LogP contribution >= 0.6 is 0 Å². The molecule has 3 nitrogen and oxygen atoms in total. The first-order valence-electron chi connectivity index (χ1n) is 7.88. The molecule has 1 aromatic carbocycles. The number of hydrogen-bond donors (Lipinski definition) is 2. The Labute approximate surface area is 125 Å². The molecular weight excluding hydrogens is 267 g/mol. The predicted molar refractivity (Wildman–Crippen MR) is 80.2 cm³/mol. The molecule has 0 aromatic heterocycles. The zero-order chi connectivity index (χ0) is 14.8. The quantitative estimate of drug-likeness (QED) is 0.894. The van der Waals surface area contributed by atoms with Gasteiger partial charge in [0.05, 0.1) is 0 Å². The van der Waals surface area contributed by atoms with Gasteiger partial charge in [0.2, 0.25) is 5.91 Å². The minimum Gasteiger partial charge on any atom is -0.352 e.